The zero-order valence-corrected chi connectivity index (χ0v) is 14.1. The number of carboxylic acids is 1. The molecule has 1 amide bonds. The lowest BCUT2D eigenvalue weighted by molar-refractivity contribution is -0.145. The molecule has 3 rings (SSSR count). The van der Waals surface area contributed by atoms with Gasteiger partial charge in [-0.1, -0.05) is 42.5 Å². The molecule has 6 nitrogen and oxygen atoms in total. The summed E-state index contributed by atoms with van der Waals surface area (Å²) in [6.45, 7) is 1.16. The molecule has 1 aliphatic heterocycles. The molecule has 0 saturated carbocycles. The molecule has 0 unspecified atom stereocenters. The lowest BCUT2D eigenvalue weighted by Gasteiger charge is -2.31. The van der Waals surface area contributed by atoms with Gasteiger partial charge in [-0.15, -0.1) is 0 Å². The summed E-state index contributed by atoms with van der Waals surface area (Å²) in [5.74, 6) is -1.11. The average Bonchev–Trinajstić information content (AvgIpc) is 3.05. The van der Waals surface area contributed by atoms with Crippen LogP contribution in [0.1, 0.15) is 11.1 Å². The van der Waals surface area contributed by atoms with E-state index >= 15 is 0 Å². The second kappa shape index (κ2) is 7.36. The predicted octanol–water partition coefficient (Wildman–Crippen LogP) is 1.97. The van der Waals surface area contributed by atoms with Crippen molar-refractivity contribution >= 4 is 17.6 Å². The number of anilines is 1. The Bertz CT molecular complexity index is 739. The van der Waals surface area contributed by atoms with E-state index in [9.17, 15) is 9.59 Å². The highest BCUT2D eigenvalue weighted by atomic mass is 16.4. The largest absolute Gasteiger partial charge is 0.480 e. The summed E-state index contributed by atoms with van der Waals surface area (Å²) in [6, 6.07) is 17.2. The van der Waals surface area contributed by atoms with Gasteiger partial charge in [0.1, 0.15) is 6.54 Å². The number of benzene rings is 2. The highest BCUT2D eigenvalue weighted by Gasteiger charge is 2.26. The lowest BCUT2D eigenvalue weighted by Crippen LogP contribution is -2.46. The molecular formula is C19H21N3O3. The van der Waals surface area contributed by atoms with Crippen molar-refractivity contribution in [2.75, 3.05) is 25.0 Å². The SMILES string of the molecule is CN(C(=O)CN(CC(=O)O)c1ccccc1)N1Cc2ccccc2C1. The van der Waals surface area contributed by atoms with Crippen LogP contribution in [0.3, 0.4) is 0 Å². The van der Waals surface area contributed by atoms with Gasteiger partial charge in [-0.3, -0.25) is 14.6 Å². The van der Waals surface area contributed by atoms with Crippen molar-refractivity contribution < 1.29 is 14.7 Å². The number of hydrogen-bond donors (Lipinski definition) is 1. The van der Waals surface area contributed by atoms with Crippen molar-refractivity contribution in [2.45, 2.75) is 13.1 Å². The number of rotatable bonds is 6. The van der Waals surface area contributed by atoms with Gasteiger partial charge in [0.15, 0.2) is 0 Å². The molecule has 2 aromatic rings. The Kier molecular flexibility index (Phi) is 5.00. The van der Waals surface area contributed by atoms with Crippen molar-refractivity contribution in [3.8, 4) is 0 Å². The Morgan fingerprint density at radius 1 is 0.960 bits per heavy atom. The van der Waals surface area contributed by atoms with Crippen LogP contribution in [-0.2, 0) is 22.7 Å². The summed E-state index contributed by atoms with van der Waals surface area (Å²) >= 11 is 0. The standard InChI is InChI=1S/C19H21N3O3/c1-20(22-11-15-7-5-6-8-16(15)12-22)18(23)13-21(14-19(24)25)17-9-3-2-4-10-17/h2-10H,11-14H2,1H3,(H,24,25). The number of fused-ring (bicyclic) bond motifs is 1. The number of carbonyl (C=O) groups excluding carboxylic acids is 1. The fourth-order valence-electron chi connectivity index (χ4n) is 2.99. The maximum Gasteiger partial charge on any atom is 0.323 e. The Morgan fingerprint density at radius 2 is 1.52 bits per heavy atom. The molecule has 0 fully saturated rings. The van der Waals surface area contributed by atoms with E-state index in [1.165, 1.54) is 11.1 Å². The number of carbonyl (C=O) groups is 2. The fraction of sp³-hybridized carbons (Fsp3) is 0.263. The van der Waals surface area contributed by atoms with Crippen LogP contribution >= 0.6 is 0 Å². The summed E-state index contributed by atoms with van der Waals surface area (Å²) in [5, 5.41) is 12.7. The van der Waals surface area contributed by atoms with Crippen molar-refractivity contribution in [1.82, 2.24) is 10.0 Å². The van der Waals surface area contributed by atoms with Crippen LogP contribution in [0.4, 0.5) is 5.69 Å². The first-order chi connectivity index (χ1) is 12.0. The van der Waals surface area contributed by atoms with Crippen molar-refractivity contribution in [2.24, 2.45) is 0 Å². The minimum Gasteiger partial charge on any atom is -0.480 e. The number of nitrogens with zero attached hydrogens (tertiary/aromatic N) is 3. The highest BCUT2D eigenvalue weighted by molar-refractivity contribution is 5.83. The summed E-state index contributed by atoms with van der Waals surface area (Å²) in [5.41, 5.74) is 3.15. The first kappa shape index (κ1) is 17.0. The molecule has 2 aromatic carbocycles. The van der Waals surface area contributed by atoms with Crippen LogP contribution in [0.2, 0.25) is 0 Å². The molecule has 1 heterocycles. The summed E-state index contributed by atoms with van der Waals surface area (Å²) in [6.07, 6.45) is 0. The van der Waals surface area contributed by atoms with E-state index in [1.807, 2.05) is 47.5 Å². The van der Waals surface area contributed by atoms with Crippen LogP contribution in [0, 0.1) is 0 Å². The van der Waals surface area contributed by atoms with Gasteiger partial charge < -0.3 is 10.0 Å². The molecule has 0 radical (unpaired) electrons. The van der Waals surface area contributed by atoms with Crippen LogP contribution in [0.25, 0.3) is 0 Å². The number of hydrazine groups is 1. The van der Waals surface area contributed by atoms with Gasteiger partial charge >= 0.3 is 5.97 Å². The van der Waals surface area contributed by atoms with Gasteiger partial charge in [-0.05, 0) is 23.3 Å². The van der Waals surface area contributed by atoms with Crippen molar-refractivity contribution in [3.63, 3.8) is 0 Å². The van der Waals surface area contributed by atoms with Gasteiger partial charge in [0.05, 0.1) is 6.54 Å². The predicted molar refractivity (Wildman–Crippen MR) is 94.7 cm³/mol. The Morgan fingerprint density at radius 3 is 2.08 bits per heavy atom. The van der Waals surface area contributed by atoms with E-state index in [0.29, 0.717) is 13.1 Å². The Hall–Kier alpha value is -2.86. The second-order valence-electron chi connectivity index (χ2n) is 6.09. The van der Waals surface area contributed by atoms with Crippen LogP contribution in [0.15, 0.2) is 54.6 Å². The highest BCUT2D eigenvalue weighted by Crippen LogP contribution is 2.23. The number of para-hydroxylation sites is 1. The zero-order valence-electron chi connectivity index (χ0n) is 14.1. The van der Waals surface area contributed by atoms with E-state index in [4.69, 9.17) is 5.11 Å². The number of likely N-dealkylation sites (N-methyl/N-ethyl adjacent to an activating group) is 1. The van der Waals surface area contributed by atoms with Gasteiger partial charge in [-0.2, -0.15) is 0 Å². The molecule has 0 atom stereocenters. The van der Waals surface area contributed by atoms with Crippen molar-refractivity contribution in [3.05, 3.63) is 65.7 Å². The molecule has 0 bridgehead atoms. The second-order valence-corrected chi connectivity index (χ2v) is 6.09. The zero-order chi connectivity index (χ0) is 17.8. The summed E-state index contributed by atoms with van der Waals surface area (Å²) in [4.78, 5) is 25.4. The van der Waals surface area contributed by atoms with E-state index in [-0.39, 0.29) is 19.0 Å². The molecule has 6 heteroatoms. The number of hydrogen-bond acceptors (Lipinski definition) is 4. The maximum atomic E-state index is 12.7. The number of aliphatic carboxylic acids is 1. The van der Waals surface area contributed by atoms with E-state index in [2.05, 4.69) is 12.1 Å². The Balaban J connectivity index is 1.68. The topological polar surface area (TPSA) is 64.1 Å². The third-order valence-electron chi connectivity index (χ3n) is 4.38. The molecule has 130 valence electrons. The van der Waals surface area contributed by atoms with E-state index in [1.54, 1.807) is 17.0 Å². The third kappa shape index (κ3) is 3.97. The maximum absolute atomic E-state index is 12.7. The monoisotopic (exact) mass is 339 g/mol. The number of amides is 1. The third-order valence-corrected chi connectivity index (χ3v) is 4.38. The van der Waals surface area contributed by atoms with Crippen LogP contribution < -0.4 is 4.90 Å². The molecule has 0 aromatic heterocycles. The molecular weight excluding hydrogens is 318 g/mol. The van der Waals surface area contributed by atoms with Gasteiger partial charge in [0.2, 0.25) is 0 Å². The average molecular weight is 339 g/mol. The molecule has 1 aliphatic rings. The van der Waals surface area contributed by atoms with E-state index < -0.39 is 5.97 Å². The van der Waals surface area contributed by atoms with Crippen LogP contribution in [0.5, 0.6) is 0 Å². The lowest BCUT2D eigenvalue weighted by atomic mass is 10.1. The Labute approximate surface area is 146 Å². The minimum absolute atomic E-state index is 0.0136. The fourth-order valence-corrected chi connectivity index (χ4v) is 2.99. The minimum atomic E-state index is -0.965. The first-order valence-corrected chi connectivity index (χ1v) is 8.14. The van der Waals surface area contributed by atoms with E-state index in [0.717, 1.165) is 5.69 Å². The van der Waals surface area contributed by atoms with Gasteiger partial charge in [0, 0.05) is 25.8 Å². The quantitative estimate of drug-likeness (QED) is 0.872. The molecule has 25 heavy (non-hydrogen) atoms. The van der Waals surface area contributed by atoms with Crippen LogP contribution in [-0.4, -0.2) is 47.1 Å². The van der Waals surface area contributed by atoms with Crippen molar-refractivity contribution in [1.29, 1.82) is 0 Å². The first-order valence-electron chi connectivity index (χ1n) is 8.14. The number of carboxylic acid groups (broad SMARTS) is 1. The summed E-state index contributed by atoms with van der Waals surface area (Å²) < 4.78 is 0. The van der Waals surface area contributed by atoms with Gasteiger partial charge in [-0.25, -0.2) is 5.01 Å². The molecule has 0 aliphatic carbocycles. The smallest absolute Gasteiger partial charge is 0.323 e. The molecule has 0 saturated heterocycles. The summed E-state index contributed by atoms with van der Waals surface area (Å²) in [7, 11) is 1.73. The van der Waals surface area contributed by atoms with Gasteiger partial charge in [0.25, 0.3) is 5.91 Å². The molecule has 0 spiro atoms. The normalized spacial score (nSPS) is 13.3. The molecule has 1 N–H and O–H groups in total.